The molecule has 0 saturated carbocycles. The van der Waals surface area contributed by atoms with Crippen molar-refractivity contribution < 1.29 is 9.47 Å². The molecule has 2 bridgehead atoms. The van der Waals surface area contributed by atoms with Gasteiger partial charge in [-0.05, 0) is 19.3 Å². The third-order valence-corrected chi connectivity index (χ3v) is 3.59. The quantitative estimate of drug-likeness (QED) is 0.470. The van der Waals surface area contributed by atoms with Gasteiger partial charge in [0.2, 0.25) is 0 Å². The summed E-state index contributed by atoms with van der Waals surface area (Å²) in [5.74, 6) is 0. The average Bonchev–Trinajstić information content (AvgIpc) is 2.65. The standard InChI is InChI=1S/C9H18O2Si/c12-5-1-4-10-9-6-7-2-3-8(9)11-7/h7-9H,1-6H2,12H3. The molecule has 0 aromatic rings. The average molecular weight is 186 g/mol. The van der Waals surface area contributed by atoms with E-state index in [-0.39, 0.29) is 0 Å². The van der Waals surface area contributed by atoms with Gasteiger partial charge in [-0.1, -0.05) is 6.04 Å². The summed E-state index contributed by atoms with van der Waals surface area (Å²) in [4.78, 5) is 0. The number of ether oxygens (including phenoxy) is 2. The molecule has 2 aliphatic heterocycles. The van der Waals surface area contributed by atoms with Crippen molar-refractivity contribution in [1.82, 2.24) is 0 Å². The number of fused-ring (bicyclic) bond motifs is 2. The molecule has 2 fully saturated rings. The summed E-state index contributed by atoms with van der Waals surface area (Å²) in [5, 5.41) is 0. The largest absolute Gasteiger partial charge is 0.375 e. The van der Waals surface area contributed by atoms with Crippen molar-refractivity contribution in [1.29, 1.82) is 0 Å². The minimum atomic E-state index is 0.442. The number of hydrogen-bond donors (Lipinski definition) is 0. The molecule has 0 aromatic heterocycles. The Morgan fingerprint density at radius 3 is 2.92 bits per heavy atom. The van der Waals surface area contributed by atoms with E-state index in [2.05, 4.69) is 0 Å². The monoisotopic (exact) mass is 186 g/mol. The molecular formula is C9H18O2Si. The van der Waals surface area contributed by atoms with E-state index in [4.69, 9.17) is 9.47 Å². The van der Waals surface area contributed by atoms with Crippen molar-refractivity contribution >= 4 is 10.2 Å². The van der Waals surface area contributed by atoms with E-state index in [1.54, 1.807) is 0 Å². The maximum absolute atomic E-state index is 5.77. The lowest BCUT2D eigenvalue weighted by molar-refractivity contribution is -0.000443. The van der Waals surface area contributed by atoms with Crippen LogP contribution in [0.5, 0.6) is 0 Å². The summed E-state index contributed by atoms with van der Waals surface area (Å²) in [6.45, 7) is 0.959. The van der Waals surface area contributed by atoms with E-state index in [1.165, 1.54) is 35.5 Å². The lowest BCUT2D eigenvalue weighted by Gasteiger charge is -2.18. The first kappa shape index (κ1) is 8.72. The van der Waals surface area contributed by atoms with Crippen LogP contribution in [0.4, 0.5) is 0 Å². The van der Waals surface area contributed by atoms with Gasteiger partial charge in [-0.15, -0.1) is 0 Å². The molecule has 0 radical (unpaired) electrons. The van der Waals surface area contributed by atoms with Gasteiger partial charge >= 0.3 is 0 Å². The second-order valence-electron chi connectivity index (χ2n) is 3.87. The third kappa shape index (κ3) is 1.73. The Balaban J connectivity index is 1.69. The van der Waals surface area contributed by atoms with Gasteiger partial charge in [0.1, 0.15) is 0 Å². The fourth-order valence-corrected chi connectivity index (χ4v) is 2.43. The molecule has 2 saturated heterocycles. The molecule has 2 heterocycles. The Hall–Kier alpha value is 0.137. The van der Waals surface area contributed by atoms with Crippen molar-refractivity contribution in [2.24, 2.45) is 0 Å². The highest BCUT2D eigenvalue weighted by Gasteiger charge is 2.41. The molecule has 0 N–H and O–H groups in total. The SMILES string of the molecule is [SiH3]CCCOC1CC2CCC1O2. The molecule has 0 aliphatic carbocycles. The summed E-state index contributed by atoms with van der Waals surface area (Å²) in [5.41, 5.74) is 0. The van der Waals surface area contributed by atoms with Gasteiger partial charge in [-0.3, -0.25) is 0 Å². The van der Waals surface area contributed by atoms with E-state index >= 15 is 0 Å². The summed E-state index contributed by atoms with van der Waals surface area (Å²) in [6, 6.07) is 1.36. The highest BCUT2D eigenvalue weighted by atomic mass is 28.1. The Kier molecular flexibility index (Phi) is 2.83. The van der Waals surface area contributed by atoms with Crippen LogP contribution in [-0.2, 0) is 9.47 Å². The third-order valence-electron chi connectivity index (χ3n) is 2.88. The van der Waals surface area contributed by atoms with Crippen LogP contribution in [0.25, 0.3) is 0 Å². The summed E-state index contributed by atoms with van der Waals surface area (Å²) >= 11 is 0. The Morgan fingerprint density at radius 2 is 2.33 bits per heavy atom. The molecular weight excluding hydrogens is 168 g/mol. The van der Waals surface area contributed by atoms with Crippen LogP contribution in [0, 0.1) is 0 Å². The Labute approximate surface area is 77.0 Å². The zero-order valence-electron chi connectivity index (χ0n) is 7.79. The van der Waals surface area contributed by atoms with E-state index in [0.717, 1.165) is 13.0 Å². The minimum Gasteiger partial charge on any atom is -0.375 e. The highest BCUT2D eigenvalue weighted by Crippen LogP contribution is 2.35. The molecule has 3 heteroatoms. The topological polar surface area (TPSA) is 18.5 Å². The van der Waals surface area contributed by atoms with Crippen molar-refractivity contribution in [3.05, 3.63) is 0 Å². The van der Waals surface area contributed by atoms with Crippen LogP contribution in [0.3, 0.4) is 0 Å². The van der Waals surface area contributed by atoms with Crippen LogP contribution in [0.15, 0.2) is 0 Å². The van der Waals surface area contributed by atoms with Crippen LogP contribution in [0.1, 0.15) is 25.7 Å². The maximum Gasteiger partial charge on any atom is 0.0861 e. The van der Waals surface area contributed by atoms with E-state index < -0.39 is 0 Å². The summed E-state index contributed by atoms with van der Waals surface area (Å²) in [7, 11) is 1.31. The maximum atomic E-state index is 5.77. The predicted molar refractivity (Wildman–Crippen MR) is 51.6 cm³/mol. The molecule has 12 heavy (non-hydrogen) atoms. The van der Waals surface area contributed by atoms with Crippen molar-refractivity contribution in [3.63, 3.8) is 0 Å². The smallest absolute Gasteiger partial charge is 0.0861 e. The molecule has 3 atom stereocenters. The van der Waals surface area contributed by atoms with Gasteiger partial charge < -0.3 is 9.47 Å². The zero-order valence-corrected chi connectivity index (χ0v) is 9.79. The normalized spacial score (nSPS) is 39.5. The van der Waals surface area contributed by atoms with Crippen molar-refractivity contribution in [2.45, 2.75) is 50.0 Å². The zero-order chi connectivity index (χ0) is 8.39. The molecule has 3 unspecified atom stereocenters. The van der Waals surface area contributed by atoms with Gasteiger partial charge in [0.25, 0.3) is 0 Å². The van der Waals surface area contributed by atoms with Crippen molar-refractivity contribution in [2.75, 3.05) is 6.61 Å². The molecule has 0 amide bonds. The second-order valence-corrected chi connectivity index (χ2v) is 4.87. The molecule has 2 rings (SSSR count). The first-order valence-corrected chi connectivity index (χ1v) is 6.58. The number of hydrogen-bond acceptors (Lipinski definition) is 2. The summed E-state index contributed by atoms with van der Waals surface area (Å²) < 4.78 is 11.5. The Morgan fingerprint density at radius 1 is 1.42 bits per heavy atom. The van der Waals surface area contributed by atoms with Gasteiger partial charge in [-0.2, -0.15) is 0 Å². The van der Waals surface area contributed by atoms with Gasteiger partial charge in [-0.25, -0.2) is 0 Å². The van der Waals surface area contributed by atoms with E-state index in [9.17, 15) is 0 Å². The molecule has 0 aromatic carbocycles. The number of rotatable bonds is 4. The van der Waals surface area contributed by atoms with Crippen LogP contribution < -0.4 is 0 Å². The van der Waals surface area contributed by atoms with Crippen LogP contribution >= 0.6 is 0 Å². The highest BCUT2D eigenvalue weighted by molar-refractivity contribution is 6.08. The van der Waals surface area contributed by atoms with E-state index in [1.807, 2.05) is 0 Å². The first-order valence-electron chi connectivity index (χ1n) is 5.17. The molecule has 70 valence electrons. The lowest BCUT2D eigenvalue weighted by atomic mass is 9.98. The fraction of sp³-hybridized carbons (Fsp3) is 1.00. The van der Waals surface area contributed by atoms with Crippen molar-refractivity contribution in [3.8, 4) is 0 Å². The predicted octanol–water partition coefficient (Wildman–Crippen LogP) is 0.497. The van der Waals surface area contributed by atoms with Gasteiger partial charge in [0, 0.05) is 23.3 Å². The molecule has 2 aliphatic rings. The molecule has 2 nitrogen and oxygen atoms in total. The van der Waals surface area contributed by atoms with Crippen LogP contribution in [0.2, 0.25) is 6.04 Å². The first-order chi connectivity index (χ1) is 5.90. The second kappa shape index (κ2) is 3.90. The van der Waals surface area contributed by atoms with E-state index in [0.29, 0.717) is 18.3 Å². The summed E-state index contributed by atoms with van der Waals surface area (Å²) in [6.07, 6.45) is 6.34. The minimum absolute atomic E-state index is 0.442. The van der Waals surface area contributed by atoms with Gasteiger partial charge in [0.05, 0.1) is 18.3 Å². The Bertz CT molecular complexity index is 151. The van der Waals surface area contributed by atoms with Crippen LogP contribution in [-0.4, -0.2) is 35.2 Å². The van der Waals surface area contributed by atoms with Gasteiger partial charge in [0.15, 0.2) is 0 Å². The molecule has 0 spiro atoms. The lowest BCUT2D eigenvalue weighted by Crippen LogP contribution is -2.25. The fourth-order valence-electron chi connectivity index (χ4n) is 2.15.